The van der Waals surface area contributed by atoms with Crippen molar-refractivity contribution in [1.29, 1.82) is 0 Å². The molecule has 0 aliphatic heterocycles. The zero-order valence-electron chi connectivity index (χ0n) is 5.03. The van der Waals surface area contributed by atoms with Crippen molar-refractivity contribution in [2.75, 3.05) is 0 Å². The molecule has 0 fully saturated rings. The zero-order chi connectivity index (χ0) is 6.97. The monoisotopic (exact) mass is 153 g/mol. The van der Waals surface area contributed by atoms with Crippen LogP contribution in [0, 0.1) is 0 Å². The summed E-state index contributed by atoms with van der Waals surface area (Å²) in [5, 5.41) is 0.494. The molecule has 0 aliphatic rings. The third-order valence-corrected chi connectivity index (χ3v) is 1.42. The van der Waals surface area contributed by atoms with Gasteiger partial charge in [-0.15, -0.1) is 0 Å². The SMILES string of the molecule is Clc1cn2ccncc2n1. The highest BCUT2D eigenvalue weighted by Gasteiger charge is 1.94. The van der Waals surface area contributed by atoms with E-state index in [0.717, 1.165) is 5.65 Å². The topological polar surface area (TPSA) is 30.2 Å². The fourth-order valence-corrected chi connectivity index (χ4v) is 1.00. The van der Waals surface area contributed by atoms with Gasteiger partial charge in [-0.2, -0.15) is 0 Å². The van der Waals surface area contributed by atoms with Gasteiger partial charge in [0.05, 0.1) is 6.20 Å². The molecule has 0 bridgehead atoms. The quantitative estimate of drug-likeness (QED) is 0.573. The number of hydrogen-bond acceptors (Lipinski definition) is 2. The van der Waals surface area contributed by atoms with Crippen molar-refractivity contribution in [2.45, 2.75) is 0 Å². The predicted octanol–water partition coefficient (Wildman–Crippen LogP) is 1.38. The normalized spacial score (nSPS) is 10.5. The van der Waals surface area contributed by atoms with E-state index in [1.165, 1.54) is 0 Å². The van der Waals surface area contributed by atoms with Crippen molar-refractivity contribution < 1.29 is 0 Å². The van der Waals surface area contributed by atoms with Crippen LogP contribution in [0.25, 0.3) is 5.65 Å². The van der Waals surface area contributed by atoms with Gasteiger partial charge in [0.15, 0.2) is 5.65 Å². The smallest absolute Gasteiger partial charge is 0.157 e. The van der Waals surface area contributed by atoms with Gasteiger partial charge in [-0.05, 0) is 0 Å². The van der Waals surface area contributed by atoms with Crippen molar-refractivity contribution in [3.8, 4) is 0 Å². The average Bonchev–Trinajstić information content (AvgIpc) is 2.27. The number of imidazole rings is 1. The molecule has 0 spiro atoms. The molecule has 0 radical (unpaired) electrons. The third-order valence-electron chi connectivity index (χ3n) is 1.23. The lowest BCUT2D eigenvalue weighted by Gasteiger charge is -1.85. The van der Waals surface area contributed by atoms with E-state index in [-0.39, 0.29) is 0 Å². The van der Waals surface area contributed by atoms with Crippen LogP contribution in [-0.4, -0.2) is 14.4 Å². The van der Waals surface area contributed by atoms with Crippen LogP contribution in [-0.2, 0) is 0 Å². The Labute approximate surface area is 62.3 Å². The van der Waals surface area contributed by atoms with Gasteiger partial charge in [-0.1, -0.05) is 11.6 Å². The van der Waals surface area contributed by atoms with Crippen molar-refractivity contribution in [2.24, 2.45) is 0 Å². The maximum absolute atomic E-state index is 5.62. The molecule has 0 atom stereocenters. The summed E-state index contributed by atoms with van der Waals surface area (Å²) in [5.74, 6) is 0. The van der Waals surface area contributed by atoms with E-state index < -0.39 is 0 Å². The summed E-state index contributed by atoms with van der Waals surface area (Å²) in [7, 11) is 0. The lowest BCUT2D eigenvalue weighted by atomic mass is 10.7. The number of rotatable bonds is 0. The highest BCUT2D eigenvalue weighted by atomic mass is 35.5. The van der Waals surface area contributed by atoms with Crippen LogP contribution in [0.4, 0.5) is 0 Å². The van der Waals surface area contributed by atoms with Crippen LogP contribution in [0.2, 0.25) is 5.15 Å². The van der Waals surface area contributed by atoms with Gasteiger partial charge in [0.1, 0.15) is 5.15 Å². The minimum absolute atomic E-state index is 0.494. The molecule has 0 aromatic carbocycles. The van der Waals surface area contributed by atoms with Crippen LogP contribution >= 0.6 is 11.6 Å². The van der Waals surface area contributed by atoms with Crippen LogP contribution in [0.3, 0.4) is 0 Å². The predicted molar refractivity (Wildman–Crippen MR) is 38.0 cm³/mol. The summed E-state index contributed by atoms with van der Waals surface area (Å²) in [5.41, 5.74) is 0.771. The summed E-state index contributed by atoms with van der Waals surface area (Å²) < 4.78 is 1.81. The van der Waals surface area contributed by atoms with E-state index in [1.54, 1.807) is 24.8 Å². The fourth-order valence-electron chi connectivity index (χ4n) is 0.812. The molecule has 2 rings (SSSR count). The largest absolute Gasteiger partial charge is 0.303 e. The molecule has 2 heterocycles. The Bertz CT molecular complexity index is 322. The molecule has 0 saturated heterocycles. The second kappa shape index (κ2) is 1.95. The first-order chi connectivity index (χ1) is 4.86. The Hall–Kier alpha value is -1.09. The maximum Gasteiger partial charge on any atom is 0.157 e. The van der Waals surface area contributed by atoms with Crippen LogP contribution in [0.1, 0.15) is 0 Å². The third kappa shape index (κ3) is 0.752. The van der Waals surface area contributed by atoms with E-state index in [1.807, 2.05) is 4.40 Å². The minimum Gasteiger partial charge on any atom is -0.303 e. The first kappa shape index (κ1) is 5.68. The van der Waals surface area contributed by atoms with E-state index >= 15 is 0 Å². The van der Waals surface area contributed by atoms with E-state index in [0.29, 0.717) is 5.15 Å². The Balaban J connectivity index is 2.88. The van der Waals surface area contributed by atoms with Gasteiger partial charge in [-0.25, -0.2) is 4.98 Å². The van der Waals surface area contributed by atoms with Gasteiger partial charge in [0.25, 0.3) is 0 Å². The Morgan fingerprint density at radius 3 is 3.20 bits per heavy atom. The first-order valence-corrected chi connectivity index (χ1v) is 3.18. The molecule has 0 saturated carbocycles. The van der Waals surface area contributed by atoms with Crippen LogP contribution in [0.5, 0.6) is 0 Å². The second-order valence-corrected chi connectivity index (χ2v) is 2.29. The standard InChI is InChI=1S/C6H4ClN3/c7-5-4-10-2-1-8-3-6(10)9-5/h1-4H. The maximum atomic E-state index is 5.62. The Morgan fingerprint density at radius 2 is 2.40 bits per heavy atom. The molecule has 4 heteroatoms. The number of hydrogen-bond donors (Lipinski definition) is 0. The molecule has 3 nitrogen and oxygen atoms in total. The summed E-state index contributed by atoms with van der Waals surface area (Å²) in [6, 6.07) is 0. The van der Waals surface area contributed by atoms with Crippen molar-refractivity contribution >= 4 is 17.2 Å². The highest BCUT2D eigenvalue weighted by Crippen LogP contribution is 2.06. The van der Waals surface area contributed by atoms with Crippen LogP contribution < -0.4 is 0 Å². The zero-order valence-corrected chi connectivity index (χ0v) is 5.78. The summed E-state index contributed by atoms with van der Waals surface area (Å²) in [4.78, 5) is 7.86. The Kier molecular flexibility index (Phi) is 1.11. The fraction of sp³-hybridized carbons (Fsp3) is 0. The molecule has 0 N–H and O–H groups in total. The molecule has 0 amide bonds. The summed E-state index contributed by atoms with van der Waals surface area (Å²) in [6.45, 7) is 0. The average molecular weight is 154 g/mol. The molecular weight excluding hydrogens is 150 g/mol. The molecule has 2 aromatic heterocycles. The molecule has 10 heavy (non-hydrogen) atoms. The summed E-state index contributed by atoms with van der Waals surface area (Å²) >= 11 is 5.62. The molecule has 0 unspecified atom stereocenters. The second-order valence-electron chi connectivity index (χ2n) is 1.91. The van der Waals surface area contributed by atoms with E-state index in [9.17, 15) is 0 Å². The van der Waals surface area contributed by atoms with Gasteiger partial charge < -0.3 is 4.40 Å². The number of halogens is 1. The number of nitrogens with zero attached hydrogens (tertiary/aromatic N) is 3. The summed E-state index contributed by atoms with van der Waals surface area (Å²) in [6.07, 6.45) is 6.88. The van der Waals surface area contributed by atoms with Gasteiger partial charge in [0.2, 0.25) is 0 Å². The minimum atomic E-state index is 0.494. The number of aromatic nitrogens is 3. The lowest BCUT2D eigenvalue weighted by Crippen LogP contribution is -1.81. The molecule has 0 aliphatic carbocycles. The van der Waals surface area contributed by atoms with Crippen molar-refractivity contribution in [3.05, 3.63) is 29.9 Å². The van der Waals surface area contributed by atoms with Crippen LogP contribution in [0.15, 0.2) is 24.8 Å². The molecule has 2 aromatic rings. The molecular formula is C6H4ClN3. The lowest BCUT2D eigenvalue weighted by molar-refractivity contribution is 1.13. The number of fused-ring (bicyclic) bond motifs is 1. The van der Waals surface area contributed by atoms with Gasteiger partial charge >= 0.3 is 0 Å². The Morgan fingerprint density at radius 1 is 1.50 bits per heavy atom. The first-order valence-electron chi connectivity index (χ1n) is 2.80. The van der Waals surface area contributed by atoms with Crippen molar-refractivity contribution in [3.63, 3.8) is 0 Å². The van der Waals surface area contributed by atoms with Crippen molar-refractivity contribution in [1.82, 2.24) is 14.4 Å². The van der Waals surface area contributed by atoms with E-state index in [4.69, 9.17) is 11.6 Å². The van der Waals surface area contributed by atoms with Gasteiger partial charge in [0, 0.05) is 18.6 Å². The van der Waals surface area contributed by atoms with E-state index in [2.05, 4.69) is 9.97 Å². The molecule has 50 valence electrons. The van der Waals surface area contributed by atoms with Gasteiger partial charge in [-0.3, -0.25) is 4.98 Å². The highest BCUT2D eigenvalue weighted by molar-refractivity contribution is 6.29.